The van der Waals surface area contributed by atoms with E-state index in [1.54, 1.807) is 10.3 Å². The highest BCUT2D eigenvalue weighted by atomic mass is 79.9. The van der Waals surface area contributed by atoms with Crippen LogP contribution in [0.1, 0.15) is 11.3 Å². The second kappa shape index (κ2) is 8.81. The van der Waals surface area contributed by atoms with Gasteiger partial charge in [-0.05, 0) is 37.7 Å². The largest absolute Gasteiger partial charge is 0.326 e. The van der Waals surface area contributed by atoms with Crippen LogP contribution in [0, 0.1) is 6.92 Å². The van der Waals surface area contributed by atoms with Crippen molar-refractivity contribution in [3.05, 3.63) is 39.3 Å². The van der Waals surface area contributed by atoms with Gasteiger partial charge in [-0.2, -0.15) is 0 Å². The van der Waals surface area contributed by atoms with Gasteiger partial charge >= 0.3 is 6.03 Å². The molecule has 0 spiro atoms. The van der Waals surface area contributed by atoms with Crippen molar-refractivity contribution in [2.24, 2.45) is 0 Å². The van der Waals surface area contributed by atoms with Crippen molar-refractivity contribution in [1.29, 1.82) is 0 Å². The lowest BCUT2D eigenvalue weighted by Gasteiger charge is -2.32. The standard InChI is InChI=1S/C18H22BrN5O2S/c1-12-9-13(3-4-15(12)19)20-16(25)10-14-11-27-17(21-14)22-18(26)24-7-5-23(2)6-8-24/h3-4,9,11H,5-8,10H2,1-2H3,(H,20,25)(H,21,22,26). The summed E-state index contributed by atoms with van der Waals surface area (Å²) in [5.41, 5.74) is 2.44. The van der Waals surface area contributed by atoms with E-state index in [-0.39, 0.29) is 18.4 Å². The number of amides is 3. The van der Waals surface area contributed by atoms with Gasteiger partial charge in [0.05, 0.1) is 12.1 Å². The van der Waals surface area contributed by atoms with E-state index in [2.05, 4.69) is 36.4 Å². The summed E-state index contributed by atoms with van der Waals surface area (Å²) in [6.07, 6.45) is 0.163. The van der Waals surface area contributed by atoms with Crippen LogP contribution in [-0.2, 0) is 11.2 Å². The third-order valence-corrected chi connectivity index (χ3v) is 6.04. The first-order chi connectivity index (χ1) is 12.9. The Balaban J connectivity index is 1.52. The summed E-state index contributed by atoms with van der Waals surface area (Å²) in [7, 11) is 2.04. The average Bonchev–Trinajstić information content (AvgIpc) is 3.05. The van der Waals surface area contributed by atoms with Gasteiger partial charge in [-0.3, -0.25) is 10.1 Å². The van der Waals surface area contributed by atoms with E-state index in [0.717, 1.165) is 28.8 Å². The number of halogens is 1. The Morgan fingerprint density at radius 1 is 1.22 bits per heavy atom. The molecule has 27 heavy (non-hydrogen) atoms. The second-order valence-electron chi connectivity index (χ2n) is 6.55. The van der Waals surface area contributed by atoms with Crippen LogP contribution in [0.4, 0.5) is 15.6 Å². The maximum atomic E-state index is 12.3. The molecule has 9 heteroatoms. The van der Waals surface area contributed by atoms with Crippen LogP contribution in [0.2, 0.25) is 0 Å². The number of rotatable bonds is 4. The summed E-state index contributed by atoms with van der Waals surface area (Å²) >= 11 is 4.77. The summed E-state index contributed by atoms with van der Waals surface area (Å²) in [4.78, 5) is 32.8. The average molecular weight is 452 g/mol. The van der Waals surface area contributed by atoms with Crippen LogP contribution in [0.3, 0.4) is 0 Å². The van der Waals surface area contributed by atoms with Crippen molar-refractivity contribution in [2.75, 3.05) is 43.9 Å². The van der Waals surface area contributed by atoms with E-state index in [1.165, 1.54) is 11.3 Å². The smallest absolute Gasteiger partial charge is 0.323 e. The van der Waals surface area contributed by atoms with Crippen molar-refractivity contribution in [2.45, 2.75) is 13.3 Å². The SMILES string of the molecule is Cc1cc(NC(=O)Cc2csc(NC(=O)N3CCN(C)CC3)n2)ccc1Br. The van der Waals surface area contributed by atoms with Gasteiger partial charge in [0.1, 0.15) is 0 Å². The fraction of sp³-hybridized carbons (Fsp3) is 0.389. The quantitative estimate of drug-likeness (QED) is 0.747. The van der Waals surface area contributed by atoms with Crippen LogP contribution in [0.15, 0.2) is 28.1 Å². The molecule has 144 valence electrons. The molecule has 1 aliphatic heterocycles. The number of hydrogen-bond donors (Lipinski definition) is 2. The van der Waals surface area contributed by atoms with E-state index in [0.29, 0.717) is 23.9 Å². The number of anilines is 2. The molecule has 2 heterocycles. The molecule has 0 saturated carbocycles. The van der Waals surface area contributed by atoms with Crippen LogP contribution >= 0.6 is 27.3 Å². The fourth-order valence-corrected chi connectivity index (χ4v) is 3.66. The Morgan fingerprint density at radius 2 is 1.96 bits per heavy atom. The van der Waals surface area contributed by atoms with Gasteiger partial charge in [-0.15, -0.1) is 11.3 Å². The molecule has 0 bridgehead atoms. The number of aryl methyl sites for hydroxylation is 1. The van der Waals surface area contributed by atoms with E-state index in [4.69, 9.17) is 0 Å². The van der Waals surface area contributed by atoms with Crippen LogP contribution in [0.5, 0.6) is 0 Å². The summed E-state index contributed by atoms with van der Waals surface area (Å²) < 4.78 is 1.00. The van der Waals surface area contributed by atoms with Crippen molar-refractivity contribution >= 4 is 50.0 Å². The van der Waals surface area contributed by atoms with Gasteiger partial charge < -0.3 is 15.1 Å². The summed E-state index contributed by atoms with van der Waals surface area (Å²) in [6.45, 7) is 5.11. The van der Waals surface area contributed by atoms with E-state index >= 15 is 0 Å². The normalized spacial score (nSPS) is 14.9. The Kier molecular flexibility index (Phi) is 6.46. The molecule has 0 aliphatic carbocycles. The number of urea groups is 1. The maximum absolute atomic E-state index is 12.3. The second-order valence-corrected chi connectivity index (χ2v) is 8.27. The lowest BCUT2D eigenvalue weighted by atomic mass is 10.2. The summed E-state index contributed by atoms with van der Waals surface area (Å²) in [5.74, 6) is -0.140. The highest BCUT2D eigenvalue weighted by Crippen LogP contribution is 2.21. The van der Waals surface area contributed by atoms with Gasteiger partial charge in [0, 0.05) is 41.7 Å². The van der Waals surface area contributed by atoms with Gasteiger partial charge in [0.25, 0.3) is 0 Å². The van der Waals surface area contributed by atoms with E-state index in [1.807, 2.05) is 32.2 Å². The van der Waals surface area contributed by atoms with Crippen molar-refractivity contribution in [3.63, 3.8) is 0 Å². The molecule has 1 aromatic carbocycles. The molecule has 2 aromatic rings. The Morgan fingerprint density at radius 3 is 2.67 bits per heavy atom. The third kappa shape index (κ3) is 5.50. The summed E-state index contributed by atoms with van der Waals surface area (Å²) in [5, 5.41) is 8.00. The van der Waals surface area contributed by atoms with Crippen molar-refractivity contribution in [3.8, 4) is 0 Å². The number of carbonyl (C=O) groups excluding carboxylic acids is 2. The molecule has 1 saturated heterocycles. The number of piperazine rings is 1. The minimum Gasteiger partial charge on any atom is -0.326 e. The van der Waals surface area contributed by atoms with E-state index < -0.39 is 0 Å². The maximum Gasteiger partial charge on any atom is 0.323 e. The lowest BCUT2D eigenvalue weighted by Crippen LogP contribution is -2.48. The van der Waals surface area contributed by atoms with Crippen LogP contribution in [0.25, 0.3) is 0 Å². The molecule has 3 rings (SSSR count). The molecular weight excluding hydrogens is 430 g/mol. The number of carbonyl (C=O) groups is 2. The monoisotopic (exact) mass is 451 g/mol. The number of aromatic nitrogens is 1. The minimum absolute atomic E-state index is 0.140. The molecule has 2 N–H and O–H groups in total. The first kappa shape index (κ1) is 19.8. The van der Waals surface area contributed by atoms with Crippen LogP contribution < -0.4 is 10.6 Å². The highest BCUT2D eigenvalue weighted by molar-refractivity contribution is 9.10. The van der Waals surface area contributed by atoms with Crippen molar-refractivity contribution in [1.82, 2.24) is 14.8 Å². The number of hydrogen-bond acceptors (Lipinski definition) is 5. The number of thiazole rings is 1. The summed E-state index contributed by atoms with van der Waals surface area (Å²) in [6, 6.07) is 5.51. The molecule has 1 aromatic heterocycles. The molecule has 7 nitrogen and oxygen atoms in total. The zero-order valence-corrected chi connectivity index (χ0v) is 17.7. The van der Waals surface area contributed by atoms with E-state index in [9.17, 15) is 9.59 Å². The number of likely N-dealkylation sites (N-methyl/N-ethyl adjacent to an activating group) is 1. The first-order valence-electron chi connectivity index (χ1n) is 8.65. The number of nitrogens with one attached hydrogen (secondary N) is 2. The van der Waals surface area contributed by atoms with Gasteiger partial charge in [0.2, 0.25) is 5.91 Å². The fourth-order valence-electron chi connectivity index (χ4n) is 2.72. The van der Waals surface area contributed by atoms with Crippen molar-refractivity contribution < 1.29 is 9.59 Å². The predicted octanol–water partition coefficient (Wildman–Crippen LogP) is 3.17. The zero-order chi connectivity index (χ0) is 19.4. The van der Waals surface area contributed by atoms with Crippen LogP contribution in [-0.4, -0.2) is 59.9 Å². The molecule has 0 atom stereocenters. The lowest BCUT2D eigenvalue weighted by molar-refractivity contribution is -0.115. The topological polar surface area (TPSA) is 77.6 Å². The zero-order valence-electron chi connectivity index (χ0n) is 15.3. The number of nitrogens with zero attached hydrogens (tertiary/aromatic N) is 3. The third-order valence-electron chi connectivity index (χ3n) is 4.34. The molecule has 1 aliphatic rings. The molecular formula is C18H22BrN5O2S. The highest BCUT2D eigenvalue weighted by Gasteiger charge is 2.20. The number of benzene rings is 1. The molecule has 0 radical (unpaired) electrons. The van der Waals surface area contributed by atoms with Gasteiger partial charge in [0.15, 0.2) is 5.13 Å². The van der Waals surface area contributed by atoms with Gasteiger partial charge in [-0.1, -0.05) is 15.9 Å². The van der Waals surface area contributed by atoms with Gasteiger partial charge in [-0.25, -0.2) is 9.78 Å². The predicted molar refractivity (Wildman–Crippen MR) is 111 cm³/mol. The Labute approximate surface area is 170 Å². The molecule has 1 fully saturated rings. The molecule has 0 unspecified atom stereocenters. The Hall–Kier alpha value is -1.97. The Bertz CT molecular complexity index is 833. The molecule has 3 amide bonds. The minimum atomic E-state index is -0.140. The first-order valence-corrected chi connectivity index (χ1v) is 10.3.